The average molecular weight is 192 g/mol. The molecule has 7 nitrogen and oxygen atoms in total. The van der Waals surface area contributed by atoms with Crippen LogP contribution in [-0.2, 0) is 11.3 Å². The number of rotatable bonds is 3. The minimum absolute atomic E-state index is 0.0987. The van der Waals surface area contributed by atoms with Gasteiger partial charge in [0, 0.05) is 4.91 Å². The number of hydrogen-bond donors (Lipinski definition) is 0. The predicted octanol–water partition coefficient (Wildman–Crippen LogP) is 1.57. The zero-order valence-electron chi connectivity index (χ0n) is 6.88. The summed E-state index contributed by atoms with van der Waals surface area (Å²) < 4.78 is 4.86. The van der Waals surface area contributed by atoms with Crippen molar-refractivity contribution in [2.75, 3.05) is 0 Å². The molecule has 0 saturated heterocycles. The average Bonchev–Trinajstić information content (AvgIpc) is 2.63. The van der Waals surface area contributed by atoms with Gasteiger partial charge in [0.2, 0.25) is 6.08 Å². The first-order valence-electron chi connectivity index (χ1n) is 3.49. The van der Waals surface area contributed by atoms with E-state index in [-0.39, 0.29) is 17.9 Å². The smallest absolute Gasteiger partial charge is 0.252 e. The fourth-order valence-corrected chi connectivity index (χ4v) is 0.852. The summed E-state index contributed by atoms with van der Waals surface area (Å²) in [6.45, 7) is -0.0987. The molecule has 0 unspecified atom stereocenters. The Hall–Kier alpha value is -2.36. The lowest BCUT2D eigenvalue weighted by molar-refractivity contribution is 0.0998. The van der Waals surface area contributed by atoms with E-state index in [1.807, 2.05) is 0 Å². The van der Waals surface area contributed by atoms with E-state index in [9.17, 15) is 9.59 Å². The van der Waals surface area contributed by atoms with Gasteiger partial charge in [0.05, 0.1) is 11.8 Å². The van der Waals surface area contributed by atoms with Gasteiger partial charge in [0.1, 0.15) is 12.3 Å². The molecule has 1 rings (SSSR count). The highest BCUT2D eigenvalue weighted by Crippen LogP contribution is 2.12. The molecule has 0 fully saturated rings. The summed E-state index contributed by atoms with van der Waals surface area (Å²) in [6.07, 6.45) is 2.55. The minimum atomic E-state index is -0.766. The molecule has 14 heavy (non-hydrogen) atoms. The predicted molar refractivity (Wildman–Crippen MR) is 44.0 cm³/mol. The molecule has 1 amide bonds. The summed E-state index contributed by atoms with van der Waals surface area (Å²) in [5, 5.41) is 2.88. The number of carbonyl (C=O) groups excluding carboxylic acids is 2. The second-order valence-electron chi connectivity index (χ2n) is 2.16. The Morgan fingerprint density at radius 3 is 3.14 bits per heavy atom. The summed E-state index contributed by atoms with van der Waals surface area (Å²) in [7, 11) is 0. The van der Waals surface area contributed by atoms with Gasteiger partial charge in [-0.05, 0) is 16.7 Å². The summed E-state index contributed by atoms with van der Waals surface area (Å²) >= 11 is 0. The van der Waals surface area contributed by atoms with Gasteiger partial charge in [-0.15, -0.1) is 0 Å². The second kappa shape index (κ2) is 4.61. The van der Waals surface area contributed by atoms with Crippen LogP contribution >= 0.6 is 0 Å². The highest BCUT2D eigenvalue weighted by atomic mass is 16.3. The van der Waals surface area contributed by atoms with E-state index >= 15 is 0 Å². The van der Waals surface area contributed by atoms with Crippen molar-refractivity contribution in [1.29, 1.82) is 0 Å². The summed E-state index contributed by atoms with van der Waals surface area (Å²) in [5.41, 5.74) is 8.12. The molecule has 0 saturated carbocycles. The molecular weight excluding hydrogens is 188 g/mol. The normalized spacial score (nSPS) is 8.57. The summed E-state index contributed by atoms with van der Waals surface area (Å²) in [4.78, 5) is 26.4. The van der Waals surface area contributed by atoms with Gasteiger partial charge in [-0.2, -0.15) is 4.99 Å². The quantitative estimate of drug-likeness (QED) is 0.238. The lowest BCUT2D eigenvalue weighted by Crippen LogP contribution is -1.95. The fraction of sp³-hybridized carbons (Fsp3) is 0.143. The maximum absolute atomic E-state index is 11.1. The van der Waals surface area contributed by atoms with Gasteiger partial charge in [-0.1, -0.05) is 0 Å². The van der Waals surface area contributed by atoms with Gasteiger partial charge in [-0.25, -0.2) is 4.79 Å². The van der Waals surface area contributed by atoms with Crippen molar-refractivity contribution < 1.29 is 14.0 Å². The third-order valence-corrected chi connectivity index (χ3v) is 1.40. The highest BCUT2D eigenvalue weighted by molar-refractivity contribution is 5.95. The fourth-order valence-electron chi connectivity index (χ4n) is 0.852. The number of furan rings is 1. The standard InChI is InChI=1S/C7H4N4O3/c8-11-10-7(13)5-1-2-14-6(5)3-9-4-12/h1-2H,3H2. The highest BCUT2D eigenvalue weighted by Gasteiger charge is 2.12. The molecule has 70 valence electrons. The lowest BCUT2D eigenvalue weighted by atomic mass is 10.2. The van der Waals surface area contributed by atoms with E-state index in [2.05, 4.69) is 15.0 Å². The Morgan fingerprint density at radius 2 is 2.50 bits per heavy atom. The lowest BCUT2D eigenvalue weighted by Gasteiger charge is -1.91. The molecule has 0 aliphatic heterocycles. The molecule has 1 aromatic heterocycles. The Balaban J connectivity index is 2.97. The largest absolute Gasteiger partial charge is 0.467 e. The first kappa shape index (κ1) is 9.73. The first-order valence-corrected chi connectivity index (χ1v) is 3.49. The van der Waals surface area contributed by atoms with Gasteiger partial charge in [0.25, 0.3) is 5.91 Å². The van der Waals surface area contributed by atoms with Crippen molar-refractivity contribution in [1.82, 2.24) is 0 Å². The van der Waals surface area contributed by atoms with Crippen molar-refractivity contribution in [2.24, 2.45) is 10.1 Å². The molecule has 0 N–H and O–H groups in total. The maximum Gasteiger partial charge on any atom is 0.252 e. The van der Waals surface area contributed by atoms with Crippen LogP contribution < -0.4 is 0 Å². The number of isocyanates is 1. The molecule has 0 radical (unpaired) electrons. The van der Waals surface area contributed by atoms with Gasteiger partial charge < -0.3 is 4.42 Å². The monoisotopic (exact) mass is 192 g/mol. The summed E-state index contributed by atoms with van der Waals surface area (Å²) in [6, 6.07) is 1.34. The van der Waals surface area contributed by atoms with E-state index in [1.165, 1.54) is 18.4 Å². The van der Waals surface area contributed by atoms with Crippen LogP contribution in [0.3, 0.4) is 0 Å². The second-order valence-corrected chi connectivity index (χ2v) is 2.16. The van der Waals surface area contributed by atoms with Crippen LogP contribution in [0.2, 0.25) is 0 Å². The number of carbonyl (C=O) groups is 1. The van der Waals surface area contributed by atoms with Crippen LogP contribution in [0, 0.1) is 0 Å². The Labute approximate surface area is 77.7 Å². The maximum atomic E-state index is 11.1. The van der Waals surface area contributed by atoms with Gasteiger partial charge in [-0.3, -0.25) is 4.79 Å². The van der Waals surface area contributed by atoms with Crippen LogP contribution in [-0.4, -0.2) is 12.0 Å². The zero-order valence-corrected chi connectivity index (χ0v) is 6.88. The van der Waals surface area contributed by atoms with Gasteiger partial charge >= 0.3 is 0 Å². The van der Waals surface area contributed by atoms with Crippen molar-refractivity contribution >= 4 is 12.0 Å². The molecule has 0 aliphatic rings. The van der Waals surface area contributed by atoms with Crippen LogP contribution in [0.15, 0.2) is 26.9 Å². The van der Waals surface area contributed by atoms with Crippen molar-refractivity contribution in [3.8, 4) is 0 Å². The molecule has 0 spiro atoms. The minimum Gasteiger partial charge on any atom is -0.467 e. The van der Waals surface area contributed by atoms with Crippen LogP contribution in [0.25, 0.3) is 10.4 Å². The topological polar surface area (TPSA) is 108 Å². The van der Waals surface area contributed by atoms with E-state index < -0.39 is 5.91 Å². The van der Waals surface area contributed by atoms with Crippen molar-refractivity contribution in [3.63, 3.8) is 0 Å². The Bertz CT molecular complexity index is 438. The van der Waals surface area contributed by atoms with E-state index in [4.69, 9.17) is 9.95 Å². The van der Waals surface area contributed by atoms with E-state index in [1.54, 1.807) is 0 Å². The zero-order chi connectivity index (χ0) is 10.4. The number of aliphatic imine (C=N–C) groups is 1. The SMILES string of the molecule is [N-]=[N+]=NC(=O)c1ccoc1CN=C=O. The molecule has 7 heteroatoms. The number of amides is 1. The number of azide groups is 1. The third-order valence-electron chi connectivity index (χ3n) is 1.40. The van der Waals surface area contributed by atoms with Gasteiger partial charge in [0.15, 0.2) is 0 Å². The molecule has 1 heterocycles. The third kappa shape index (κ3) is 2.07. The molecule has 0 atom stereocenters. The molecule has 0 aliphatic carbocycles. The Kier molecular flexibility index (Phi) is 3.20. The van der Waals surface area contributed by atoms with Crippen molar-refractivity contribution in [3.05, 3.63) is 34.1 Å². The Morgan fingerprint density at radius 1 is 1.71 bits per heavy atom. The molecular formula is C7H4N4O3. The number of nitrogens with zero attached hydrogens (tertiary/aromatic N) is 4. The first-order chi connectivity index (χ1) is 6.79. The van der Waals surface area contributed by atoms with E-state index in [0.29, 0.717) is 0 Å². The molecule has 0 aromatic carbocycles. The molecule has 0 bridgehead atoms. The van der Waals surface area contributed by atoms with Crippen molar-refractivity contribution in [2.45, 2.75) is 6.54 Å². The molecule has 1 aromatic rings. The number of hydrogen-bond acceptors (Lipinski definition) is 4. The van der Waals surface area contributed by atoms with E-state index in [0.717, 1.165) is 0 Å². The van der Waals surface area contributed by atoms with Crippen LogP contribution in [0.4, 0.5) is 0 Å². The summed E-state index contributed by atoms with van der Waals surface area (Å²) in [5.74, 6) is -0.594. The van der Waals surface area contributed by atoms with Crippen LogP contribution in [0.1, 0.15) is 16.1 Å². The van der Waals surface area contributed by atoms with Crippen LogP contribution in [0.5, 0.6) is 0 Å².